The van der Waals surface area contributed by atoms with E-state index in [1.165, 1.54) is 10.4 Å². The average molecular weight is 274 g/mol. The fourth-order valence-corrected chi connectivity index (χ4v) is 2.51. The molecule has 1 aromatic heterocycles. The van der Waals surface area contributed by atoms with E-state index in [2.05, 4.69) is 29.7 Å². The summed E-state index contributed by atoms with van der Waals surface area (Å²) in [5, 5.41) is 7.76. The SMILES string of the molecule is CCc1cccc(NC(=O)NCCc2cccs2)c1. The Hall–Kier alpha value is -1.81. The number of benzene rings is 1. The Balaban J connectivity index is 1.77. The minimum atomic E-state index is -0.148. The molecule has 0 saturated carbocycles. The summed E-state index contributed by atoms with van der Waals surface area (Å²) >= 11 is 1.71. The van der Waals surface area contributed by atoms with Crippen LogP contribution in [0.1, 0.15) is 17.4 Å². The molecule has 0 atom stereocenters. The zero-order chi connectivity index (χ0) is 13.5. The van der Waals surface area contributed by atoms with Crippen molar-refractivity contribution in [2.45, 2.75) is 19.8 Å². The number of aryl methyl sites for hydroxylation is 1. The molecular weight excluding hydrogens is 256 g/mol. The first kappa shape index (κ1) is 13.6. The third-order valence-electron chi connectivity index (χ3n) is 2.83. The highest BCUT2D eigenvalue weighted by molar-refractivity contribution is 7.09. The number of urea groups is 1. The van der Waals surface area contributed by atoms with Crippen LogP contribution in [0.5, 0.6) is 0 Å². The van der Waals surface area contributed by atoms with Gasteiger partial charge in [0.05, 0.1) is 0 Å². The third-order valence-corrected chi connectivity index (χ3v) is 3.77. The van der Waals surface area contributed by atoms with Crippen LogP contribution in [-0.2, 0) is 12.8 Å². The van der Waals surface area contributed by atoms with Gasteiger partial charge in [-0.1, -0.05) is 25.1 Å². The van der Waals surface area contributed by atoms with Gasteiger partial charge in [0.1, 0.15) is 0 Å². The van der Waals surface area contributed by atoms with Gasteiger partial charge in [0.2, 0.25) is 0 Å². The van der Waals surface area contributed by atoms with Crippen molar-refractivity contribution in [2.75, 3.05) is 11.9 Å². The molecule has 0 unspecified atom stereocenters. The molecule has 0 saturated heterocycles. The molecule has 0 aliphatic rings. The van der Waals surface area contributed by atoms with Crippen LogP contribution < -0.4 is 10.6 Å². The van der Waals surface area contributed by atoms with Gasteiger partial charge in [-0.15, -0.1) is 11.3 Å². The number of hydrogen-bond donors (Lipinski definition) is 2. The van der Waals surface area contributed by atoms with Crippen LogP contribution in [0.2, 0.25) is 0 Å². The molecule has 0 aliphatic carbocycles. The van der Waals surface area contributed by atoms with Crippen LogP contribution in [0, 0.1) is 0 Å². The van der Waals surface area contributed by atoms with Crippen molar-refractivity contribution in [1.29, 1.82) is 0 Å². The maximum Gasteiger partial charge on any atom is 0.319 e. The van der Waals surface area contributed by atoms with Crippen molar-refractivity contribution < 1.29 is 4.79 Å². The zero-order valence-electron chi connectivity index (χ0n) is 11.0. The van der Waals surface area contributed by atoms with E-state index in [1.807, 2.05) is 29.6 Å². The quantitative estimate of drug-likeness (QED) is 0.858. The predicted molar refractivity (Wildman–Crippen MR) is 80.9 cm³/mol. The van der Waals surface area contributed by atoms with Crippen molar-refractivity contribution in [3.63, 3.8) is 0 Å². The molecule has 3 nitrogen and oxygen atoms in total. The van der Waals surface area contributed by atoms with E-state index in [-0.39, 0.29) is 6.03 Å². The van der Waals surface area contributed by atoms with Crippen molar-refractivity contribution in [1.82, 2.24) is 5.32 Å². The smallest absolute Gasteiger partial charge is 0.319 e. The number of thiophene rings is 1. The summed E-state index contributed by atoms with van der Waals surface area (Å²) in [6, 6.07) is 11.9. The Morgan fingerprint density at radius 2 is 2.16 bits per heavy atom. The van der Waals surface area contributed by atoms with Crippen molar-refractivity contribution in [2.24, 2.45) is 0 Å². The zero-order valence-corrected chi connectivity index (χ0v) is 11.8. The largest absolute Gasteiger partial charge is 0.338 e. The molecule has 2 N–H and O–H groups in total. The average Bonchev–Trinajstić information content (AvgIpc) is 2.92. The summed E-state index contributed by atoms with van der Waals surface area (Å²) in [4.78, 5) is 13.0. The standard InChI is InChI=1S/C15H18N2OS/c1-2-12-5-3-6-13(11-12)17-15(18)16-9-8-14-7-4-10-19-14/h3-7,10-11H,2,8-9H2,1H3,(H2,16,17,18). The molecule has 4 heteroatoms. The molecular formula is C15H18N2OS. The van der Waals surface area contributed by atoms with Crippen LogP contribution in [-0.4, -0.2) is 12.6 Å². The molecule has 0 spiro atoms. The van der Waals surface area contributed by atoms with E-state index in [1.54, 1.807) is 11.3 Å². The number of hydrogen-bond acceptors (Lipinski definition) is 2. The number of carbonyl (C=O) groups is 1. The summed E-state index contributed by atoms with van der Waals surface area (Å²) in [5.41, 5.74) is 2.06. The lowest BCUT2D eigenvalue weighted by Crippen LogP contribution is -2.30. The number of nitrogens with one attached hydrogen (secondary N) is 2. The van der Waals surface area contributed by atoms with Crippen molar-refractivity contribution in [3.8, 4) is 0 Å². The number of carbonyl (C=O) groups excluding carboxylic acids is 1. The third kappa shape index (κ3) is 4.41. The second-order valence-corrected chi connectivity index (χ2v) is 5.30. The highest BCUT2D eigenvalue weighted by Crippen LogP contribution is 2.11. The molecule has 2 amide bonds. The fraction of sp³-hybridized carbons (Fsp3) is 0.267. The van der Waals surface area contributed by atoms with Gasteiger partial charge in [-0.05, 0) is 42.0 Å². The van der Waals surface area contributed by atoms with Gasteiger partial charge in [-0.2, -0.15) is 0 Å². The highest BCUT2D eigenvalue weighted by Gasteiger charge is 2.02. The summed E-state index contributed by atoms with van der Waals surface area (Å²) in [6.45, 7) is 2.75. The number of anilines is 1. The van der Waals surface area contributed by atoms with Crippen LogP contribution in [0.15, 0.2) is 41.8 Å². The summed E-state index contributed by atoms with van der Waals surface area (Å²) in [5.74, 6) is 0. The minimum Gasteiger partial charge on any atom is -0.338 e. The Bertz CT molecular complexity index is 523. The summed E-state index contributed by atoms with van der Waals surface area (Å²) < 4.78 is 0. The van der Waals surface area contributed by atoms with Gasteiger partial charge in [-0.25, -0.2) is 4.79 Å². The van der Waals surface area contributed by atoms with Gasteiger partial charge in [0.25, 0.3) is 0 Å². The lowest BCUT2D eigenvalue weighted by Gasteiger charge is -2.08. The van der Waals surface area contributed by atoms with Crippen molar-refractivity contribution in [3.05, 3.63) is 52.2 Å². The van der Waals surface area contributed by atoms with E-state index < -0.39 is 0 Å². The molecule has 2 aromatic rings. The molecule has 2 rings (SSSR count). The van der Waals surface area contributed by atoms with E-state index in [9.17, 15) is 4.79 Å². The van der Waals surface area contributed by atoms with E-state index in [0.717, 1.165) is 18.5 Å². The van der Waals surface area contributed by atoms with E-state index >= 15 is 0 Å². The molecule has 0 aliphatic heterocycles. The van der Waals surface area contributed by atoms with Gasteiger partial charge < -0.3 is 10.6 Å². The molecule has 19 heavy (non-hydrogen) atoms. The topological polar surface area (TPSA) is 41.1 Å². The van der Waals surface area contributed by atoms with Crippen molar-refractivity contribution >= 4 is 23.1 Å². The Kier molecular flexibility index (Phi) is 4.98. The van der Waals surface area contributed by atoms with Gasteiger partial charge in [0.15, 0.2) is 0 Å². The molecule has 100 valence electrons. The normalized spacial score (nSPS) is 10.2. The first-order valence-corrected chi connectivity index (χ1v) is 7.32. The molecule has 1 aromatic carbocycles. The van der Waals surface area contributed by atoms with Gasteiger partial charge >= 0.3 is 6.03 Å². The van der Waals surface area contributed by atoms with E-state index in [4.69, 9.17) is 0 Å². The lowest BCUT2D eigenvalue weighted by atomic mass is 10.1. The fourth-order valence-electron chi connectivity index (χ4n) is 1.80. The first-order chi connectivity index (χ1) is 9.28. The summed E-state index contributed by atoms with van der Waals surface area (Å²) in [7, 11) is 0. The highest BCUT2D eigenvalue weighted by atomic mass is 32.1. The molecule has 0 fully saturated rings. The second-order valence-electron chi connectivity index (χ2n) is 4.26. The Labute approximate surface area is 117 Å². The van der Waals surface area contributed by atoms with Gasteiger partial charge in [0, 0.05) is 17.1 Å². The summed E-state index contributed by atoms with van der Waals surface area (Å²) in [6.07, 6.45) is 1.84. The van der Waals surface area contributed by atoms with Crippen LogP contribution >= 0.6 is 11.3 Å². The predicted octanol–water partition coefficient (Wildman–Crippen LogP) is 3.67. The van der Waals surface area contributed by atoms with Crippen LogP contribution in [0.25, 0.3) is 0 Å². The second kappa shape index (κ2) is 6.95. The van der Waals surface area contributed by atoms with Crippen LogP contribution in [0.3, 0.4) is 0 Å². The molecule has 1 heterocycles. The van der Waals surface area contributed by atoms with Crippen LogP contribution in [0.4, 0.5) is 10.5 Å². The Morgan fingerprint density at radius 3 is 2.89 bits per heavy atom. The Morgan fingerprint density at radius 1 is 1.26 bits per heavy atom. The monoisotopic (exact) mass is 274 g/mol. The minimum absolute atomic E-state index is 0.148. The van der Waals surface area contributed by atoms with E-state index in [0.29, 0.717) is 6.54 Å². The maximum atomic E-state index is 11.7. The maximum absolute atomic E-state index is 11.7. The van der Waals surface area contributed by atoms with Gasteiger partial charge in [-0.3, -0.25) is 0 Å². The number of amides is 2. The number of rotatable bonds is 5. The lowest BCUT2D eigenvalue weighted by molar-refractivity contribution is 0.252. The molecule has 0 radical (unpaired) electrons. The first-order valence-electron chi connectivity index (χ1n) is 6.44. The molecule has 0 bridgehead atoms.